The molecule has 0 unspecified atom stereocenters. The SMILES string of the molecule is COc1ccc(COC(=O)[C@@H](Cc2ccc(OCOn3ncc4ccccc43)cc2)NC(=O)OC(C)(C)C)c(OC)c1. The van der Waals surface area contributed by atoms with Crippen molar-refractivity contribution < 1.29 is 38.1 Å². The Morgan fingerprint density at radius 1 is 0.952 bits per heavy atom. The van der Waals surface area contributed by atoms with E-state index >= 15 is 0 Å². The van der Waals surface area contributed by atoms with Crippen LogP contribution in [0.15, 0.2) is 72.9 Å². The monoisotopic (exact) mass is 577 g/mol. The lowest BCUT2D eigenvalue weighted by Crippen LogP contribution is -2.45. The fourth-order valence-electron chi connectivity index (χ4n) is 4.02. The maximum Gasteiger partial charge on any atom is 0.408 e. The molecule has 222 valence electrons. The molecule has 0 bridgehead atoms. The number of rotatable bonds is 12. The standard InChI is InChI=1S/C31H35N3O8/c1-31(2,3)42-30(36)33-26(29(35)39-19-23-12-15-25(37-4)17-28(23)38-5)16-21-10-13-24(14-11-21)40-20-41-34-27-9-7-6-8-22(27)18-32-34/h6-15,17-18,26H,16,19-20H2,1-5H3,(H,33,36)/t26-/m1/s1. The Morgan fingerprint density at radius 2 is 1.69 bits per heavy atom. The summed E-state index contributed by atoms with van der Waals surface area (Å²) < 4.78 is 27.2. The second-order valence-electron chi connectivity index (χ2n) is 10.3. The van der Waals surface area contributed by atoms with Gasteiger partial charge in [0.1, 0.15) is 41.0 Å². The third-order valence-corrected chi connectivity index (χ3v) is 6.05. The molecule has 11 nitrogen and oxygen atoms in total. The van der Waals surface area contributed by atoms with Gasteiger partial charge in [-0.3, -0.25) is 0 Å². The Bertz CT molecular complexity index is 1490. The molecule has 0 saturated heterocycles. The number of nitrogens with zero attached hydrogens (tertiary/aromatic N) is 2. The second kappa shape index (κ2) is 13.6. The lowest BCUT2D eigenvalue weighted by atomic mass is 10.1. The fraction of sp³-hybridized carbons (Fsp3) is 0.323. The molecule has 0 radical (unpaired) electrons. The van der Waals surface area contributed by atoms with Crippen molar-refractivity contribution in [3.8, 4) is 17.2 Å². The van der Waals surface area contributed by atoms with Crippen molar-refractivity contribution in [1.29, 1.82) is 0 Å². The number of carbonyl (C=O) groups excluding carboxylic acids is 2. The summed E-state index contributed by atoms with van der Waals surface area (Å²) in [5.41, 5.74) is 1.51. The van der Waals surface area contributed by atoms with Crippen LogP contribution in [0.4, 0.5) is 4.79 Å². The zero-order chi connectivity index (χ0) is 30.1. The van der Waals surface area contributed by atoms with Gasteiger partial charge in [-0.25, -0.2) is 9.59 Å². The lowest BCUT2D eigenvalue weighted by Gasteiger charge is -2.23. The van der Waals surface area contributed by atoms with E-state index in [-0.39, 0.29) is 19.8 Å². The van der Waals surface area contributed by atoms with Crippen LogP contribution in [0, 0.1) is 0 Å². The fourth-order valence-corrected chi connectivity index (χ4v) is 4.02. The summed E-state index contributed by atoms with van der Waals surface area (Å²) in [6.45, 7) is 5.11. The van der Waals surface area contributed by atoms with Crippen LogP contribution in [-0.2, 0) is 27.3 Å². The van der Waals surface area contributed by atoms with Gasteiger partial charge >= 0.3 is 12.1 Å². The van der Waals surface area contributed by atoms with Gasteiger partial charge in [-0.05, 0) is 56.7 Å². The number of amides is 1. The van der Waals surface area contributed by atoms with Gasteiger partial charge in [0, 0.05) is 23.4 Å². The summed E-state index contributed by atoms with van der Waals surface area (Å²) in [7, 11) is 3.07. The molecule has 1 aromatic heterocycles. The van der Waals surface area contributed by atoms with Crippen molar-refractivity contribution in [3.63, 3.8) is 0 Å². The number of para-hydroxylation sites is 1. The Kier molecular flexibility index (Phi) is 9.74. The van der Waals surface area contributed by atoms with Gasteiger partial charge in [0.25, 0.3) is 6.79 Å². The summed E-state index contributed by atoms with van der Waals surface area (Å²) in [6.07, 6.45) is 1.15. The molecule has 0 aliphatic heterocycles. The average molecular weight is 578 g/mol. The molecule has 0 saturated carbocycles. The summed E-state index contributed by atoms with van der Waals surface area (Å²) in [4.78, 5) is 32.7. The predicted molar refractivity (Wildman–Crippen MR) is 154 cm³/mol. The first kappa shape index (κ1) is 30.0. The number of hydrogen-bond acceptors (Lipinski definition) is 9. The highest BCUT2D eigenvalue weighted by atomic mass is 16.8. The van der Waals surface area contributed by atoms with E-state index in [1.807, 2.05) is 24.3 Å². The number of nitrogens with one attached hydrogen (secondary N) is 1. The number of alkyl carbamates (subject to hydrolysis) is 1. The Labute approximate surface area is 244 Å². The Balaban J connectivity index is 1.38. The molecule has 0 spiro atoms. The molecule has 0 aliphatic rings. The minimum atomic E-state index is -1.01. The van der Waals surface area contributed by atoms with Crippen LogP contribution in [0.3, 0.4) is 0 Å². The molecular weight excluding hydrogens is 542 g/mol. The molecule has 1 N–H and O–H groups in total. The van der Waals surface area contributed by atoms with Crippen molar-refractivity contribution in [3.05, 3.63) is 84.1 Å². The largest absolute Gasteiger partial charge is 0.497 e. The minimum Gasteiger partial charge on any atom is -0.497 e. The molecule has 42 heavy (non-hydrogen) atoms. The van der Waals surface area contributed by atoms with E-state index in [4.69, 9.17) is 28.5 Å². The predicted octanol–water partition coefficient (Wildman–Crippen LogP) is 4.70. The summed E-state index contributed by atoms with van der Waals surface area (Å²) in [5.74, 6) is 1.05. The number of aromatic nitrogens is 2. The second-order valence-corrected chi connectivity index (χ2v) is 10.3. The lowest BCUT2D eigenvalue weighted by molar-refractivity contribution is -0.147. The number of methoxy groups -OCH3 is 2. The van der Waals surface area contributed by atoms with Crippen LogP contribution in [-0.4, -0.2) is 54.7 Å². The van der Waals surface area contributed by atoms with Gasteiger partial charge in [0.2, 0.25) is 0 Å². The first-order chi connectivity index (χ1) is 20.1. The minimum absolute atomic E-state index is 0.0587. The van der Waals surface area contributed by atoms with Crippen molar-refractivity contribution >= 4 is 23.0 Å². The van der Waals surface area contributed by atoms with Crippen molar-refractivity contribution in [2.24, 2.45) is 0 Å². The molecule has 0 fully saturated rings. The number of esters is 1. The van der Waals surface area contributed by atoms with E-state index in [1.54, 1.807) is 76.5 Å². The molecule has 11 heteroatoms. The molecule has 0 aliphatic carbocycles. The van der Waals surface area contributed by atoms with E-state index in [9.17, 15) is 9.59 Å². The molecule has 1 amide bonds. The molecule has 4 aromatic rings. The van der Waals surface area contributed by atoms with E-state index in [2.05, 4.69) is 10.4 Å². The van der Waals surface area contributed by atoms with E-state index in [0.717, 1.165) is 16.5 Å². The zero-order valence-electron chi connectivity index (χ0n) is 24.3. The number of ether oxygens (including phenoxy) is 5. The van der Waals surface area contributed by atoms with Crippen LogP contribution in [0.5, 0.6) is 17.2 Å². The van der Waals surface area contributed by atoms with Crippen molar-refractivity contribution in [1.82, 2.24) is 15.3 Å². The maximum atomic E-state index is 13.2. The molecule has 3 aromatic carbocycles. The van der Waals surface area contributed by atoms with Crippen molar-refractivity contribution in [2.75, 3.05) is 21.0 Å². The number of benzene rings is 3. The van der Waals surface area contributed by atoms with Gasteiger partial charge in [0.15, 0.2) is 0 Å². The Morgan fingerprint density at radius 3 is 2.40 bits per heavy atom. The molecule has 4 rings (SSSR count). The normalized spacial score (nSPS) is 11.8. The van der Waals surface area contributed by atoms with E-state index in [1.165, 1.54) is 12.0 Å². The number of carbonyl (C=O) groups is 2. The summed E-state index contributed by atoms with van der Waals surface area (Å²) in [5, 5.41) is 7.79. The third kappa shape index (κ3) is 8.29. The molecule has 1 heterocycles. The summed E-state index contributed by atoms with van der Waals surface area (Å²) in [6, 6.07) is 18.9. The van der Waals surface area contributed by atoms with Crippen LogP contribution in [0.25, 0.3) is 10.9 Å². The maximum absolute atomic E-state index is 13.2. The summed E-state index contributed by atoms with van der Waals surface area (Å²) >= 11 is 0. The highest BCUT2D eigenvalue weighted by molar-refractivity contribution is 5.82. The quantitative estimate of drug-likeness (QED) is 0.189. The van der Waals surface area contributed by atoms with Crippen LogP contribution < -0.4 is 24.4 Å². The van der Waals surface area contributed by atoms with Gasteiger partial charge in [0.05, 0.1) is 20.4 Å². The topological polar surface area (TPSA) is 119 Å². The molecule has 1 atom stereocenters. The first-order valence-electron chi connectivity index (χ1n) is 13.3. The highest BCUT2D eigenvalue weighted by Crippen LogP contribution is 2.25. The van der Waals surface area contributed by atoms with Crippen LogP contribution in [0.2, 0.25) is 0 Å². The average Bonchev–Trinajstić information content (AvgIpc) is 3.38. The Hall–Kier alpha value is -4.93. The van der Waals surface area contributed by atoms with Gasteiger partial charge in [-0.2, -0.15) is 0 Å². The smallest absolute Gasteiger partial charge is 0.408 e. The van der Waals surface area contributed by atoms with Crippen molar-refractivity contribution in [2.45, 2.75) is 45.4 Å². The van der Waals surface area contributed by atoms with Gasteiger partial charge < -0.3 is 33.8 Å². The highest BCUT2D eigenvalue weighted by Gasteiger charge is 2.26. The van der Waals surface area contributed by atoms with Gasteiger partial charge in [-0.15, -0.1) is 5.10 Å². The third-order valence-electron chi connectivity index (χ3n) is 6.05. The van der Waals surface area contributed by atoms with E-state index < -0.39 is 23.7 Å². The zero-order valence-corrected chi connectivity index (χ0v) is 24.3. The van der Waals surface area contributed by atoms with Crippen LogP contribution in [0.1, 0.15) is 31.9 Å². The molecular formula is C31H35N3O8. The van der Waals surface area contributed by atoms with E-state index in [0.29, 0.717) is 22.8 Å². The first-order valence-corrected chi connectivity index (χ1v) is 13.3. The van der Waals surface area contributed by atoms with Gasteiger partial charge in [-0.1, -0.05) is 35.2 Å². The van der Waals surface area contributed by atoms with Crippen LogP contribution >= 0.6 is 0 Å². The number of fused-ring (bicyclic) bond motifs is 1. The number of hydrogen-bond donors (Lipinski definition) is 1.